The molecule has 1 fully saturated rings. The first-order valence-electron chi connectivity index (χ1n) is 8.34. The Balaban J connectivity index is 1.62. The lowest BCUT2D eigenvalue weighted by Gasteiger charge is -2.08. The van der Waals surface area contributed by atoms with Crippen LogP contribution in [0.5, 0.6) is 5.75 Å². The summed E-state index contributed by atoms with van der Waals surface area (Å²) in [6.45, 7) is 0. The predicted octanol–water partition coefficient (Wildman–Crippen LogP) is 3.33. The summed E-state index contributed by atoms with van der Waals surface area (Å²) < 4.78 is 7.34. The molecule has 2 heterocycles. The van der Waals surface area contributed by atoms with Crippen molar-refractivity contribution in [3.63, 3.8) is 0 Å². The number of hydrogen-bond acceptors (Lipinski definition) is 4. The van der Waals surface area contributed by atoms with Gasteiger partial charge in [0.05, 0.1) is 7.11 Å². The number of aromatic nitrogens is 4. The van der Waals surface area contributed by atoms with Crippen molar-refractivity contribution in [2.24, 2.45) is 0 Å². The maximum Gasteiger partial charge on any atom is 0.155 e. The molecule has 24 heavy (non-hydrogen) atoms. The molecule has 0 radical (unpaired) electrons. The lowest BCUT2D eigenvalue weighted by atomic mass is 10.1. The molecule has 1 aliphatic carbocycles. The zero-order valence-electron chi connectivity index (χ0n) is 13.7. The lowest BCUT2D eigenvalue weighted by molar-refractivity contribution is 0.409. The van der Waals surface area contributed by atoms with Crippen molar-refractivity contribution in [1.29, 1.82) is 0 Å². The Kier molecular flexibility index (Phi) is 3.99. The number of pyridine rings is 1. The van der Waals surface area contributed by atoms with Gasteiger partial charge in [-0.2, -0.15) is 4.68 Å². The van der Waals surface area contributed by atoms with Crippen LogP contribution >= 0.6 is 0 Å². The molecule has 0 aliphatic heterocycles. The van der Waals surface area contributed by atoms with Crippen LogP contribution in [0.4, 0.5) is 0 Å². The van der Waals surface area contributed by atoms with Crippen LogP contribution in [0.1, 0.15) is 36.0 Å². The van der Waals surface area contributed by atoms with E-state index >= 15 is 0 Å². The van der Waals surface area contributed by atoms with Crippen molar-refractivity contribution in [1.82, 2.24) is 19.7 Å². The number of ether oxygens (including phenoxy) is 1. The number of rotatable bonds is 6. The zero-order valence-corrected chi connectivity index (χ0v) is 13.7. The molecule has 5 heteroatoms. The van der Waals surface area contributed by atoms with Gasteiger partial charge in [0.1, 0.15) is 11.6 Å². The number of benzene rings is 1. The van der Waals surface area contributed by atoms with Gasteiger partial charge in [-0.25, -0.2) is 9.97 Å². The summed E-state index contributed by atoms with van der Waals surface area (Å²) in [6, 6.07) is 14.0. The van der Waals surface area contributed by atoms with Crippen molar-refractivity contribution in [2.45, 2.75) is 31.6 Å². The van der Waals surface area contributed by atoms with Crippen molar-refractivity contribution < 1.29 is 4.74 Å². The van der Waals surface area contributed by atoms with Crippen LogP contribution in [0, 0.1) is 0 Å². The molecule has 0 spiro atoms. The van der Waals surface area contributed by atoms with E-state index in [1.165, 1.54) is 18.4 Å². The molecule has 0 N–H and O–H groups in total. The van der Waals surface area contributed by atoms with Crippen LogP contribution in [0.25, 0.3) is 5.82 Å². The number of methoxy groups -OCH3 is 1. The fourth-order valence-corrected chi connectivity index (χ4v) is 2.86. The van der Waals surface area contributed by atoms with Crippen molar-refractivity contribution in [2.75, 3.05) is 7.11 Å². The second-order valence-electron chi connectivity index (χ2n) is 6.07. The SMILES string of the molecule is COc1ccccc1CCc1nc(C2CC2)nn1-c1ccccn1. The molecule has 0 unspecified atom stereocenters. The van der Waals surface area contributed by atoms with Gasteiger partial charge in [0.15, 0.2) is 11.6 Å². The Morgan fingerprint density at radius 3 is 2.67 bits per heavy atom. The standard InChI is InChI=1S/C19H20N4O/c1-24-16-7-3-2-6-14(16)11-12-18-21-19(15-9-10-15)22-23(18)17-8-4-5-13-20-17/h2-8,13,15H,9-12H2,1H3. The minimum Gasteiger partial charge on any atom is -0.496 e. The van der Waals surface area contributed by atoms with Crippen molar-refractivity contribution >= 4 is 0 Å². The third kappa shape index (κ3) is 3.02. The molecule has 3 aromatic rings. The van der Waals surface area contributed by atoms with Gasteiger partial charge >= 0.3 is 0 Å². The molecular formula is C19H20N4O. The lowest BCUT2D eigenvalue weighted by Crippen LogP contribution is -2.06. The van der Waals surface area contributed by atoms with Crippen LogP contribution in [0.3, 0.4) is 0 Å². The molecular weight excluding hydrogens is 300 g/mol. The summed E-state index contributed by atoms with van der Waals surface area (Å²) >= 11 is 0. The number of aryl methyl sites for hydroxylation is 2. The average molecular weight is 320 g/mol. The minimum atomic E-state index is 0.528. The van der Waals surface area contributed by atoms with E-state index in [4.69, 9.17) is 14.8 Å². The zero-order chi connectivity index (χ0) is 16.4. The fraction of sp³-hybridized carbons (Fsp3) is 0.316. The highest BCUT2D eigenvalue weighted by Crippen LogP contribution is 2.38. The van der Waals surface area contributed by atoms with Gasteiger partial charge in [-0.15, -0.1) is 5.10 Å². The first kappa shape index (κ1) is 14.9. The highest BCUT2D eigenvalue weighted by molar-refractivity contribution is 5.34. The van der Waals surface area contributed by atoms with E-state index in [1.807, 2.05) is 41.1 Å². The Labute approximate surface area is 141 Å². The van der Waals surface area contributed by atoms with E-state index in [0.29, 0.717) is 5.92 Å². The Hall–Kier alpha value is -2.69. The van der Waals surface area contributed by atoms with E-state index in [0.717, 1.165) is 36.1 Å². The van der Waals surface area contributed by atoms with Gasteiger partial charge in [-0.1, -0.05) is 24.3 Å². The maximum absolute atomic E-state index is 5.45. The normalized spacial score (nSPS) is 13.9. The van der Waals surface area contributed by atoms with E-state index < -0.39 is 0 Å². The smallest absolute Gasteiger partial charge is 0.155 e. The fourth-order valence-electron chi connectivity index (χ4n) is 2.86. The third-order valence-corrected chi connectivity index (χ3v) is 4.31. The first-order chi connectivity index (χ1) is 11.8. The highest BCUT2D eigenvalue weighted by Gasteiger charge is 2.29. The summed E-state index contributed by atoms with van der Waals surface area (Å²) in [7, 11) is 1.71. The molecule has 0 atom stereocenters. The van der Waals surface area contributed by atoms with E-state index in [9.17, 15) is 0 Å². The average Bonchev–Trinajstić information content (AvgIpc) is 3.41. The summed E-state index contributed by atoms with van der Waals surface area (Å²) in [4.78, 5) is 9.22. The second kappa shape index (κ2) is 6.43. The predicted molar refractivity (Wildman–Crippen MR) is 91.5 cm³/mol. The Morgan fingerprint density at radius 2 is 1.92 bits per heavy atom. The largest absolute Gasteiger partial charge is 0.496 e. The molecule has 0 saturated heterocycles. The molecule has 1 aromatic carbocycles. The minimum absolute atomic E-state index is 0.528. The molecule has 2 aromatic heterocycles. The van der Waals surface area contributed by atoms with Gasteiger partial charge < -0.3 is 4.74 Å². The van der Waals surface area contributed by atoms with E-state index in [2.05, 4.69) is 11.1 Å². The summed E-state index contributed by atoms with van der Waals surface area (Å²) in [6.07, 6.45) is 5.84. The van der Waals surface area contributed by atoms with Crippen molar-refractivity contribution in [3.05, 3.63) is 65.9 Å². The third-order valence-electron chi connectivity index (χ3n) is 4.31. The maximum atomic E-state index is 5.45. The van der Waals surface area contributed by atoms with Crippen LogP contribution in [0.2, 0.25) is 0 Å². The molecule has 4 rings (SSSR count). The Bertz CT molecular complexity index is 824. The first-order valence-corrected chi connectivity index (χ1v) is 8.34. The summed E-state index contributed by atoms with van der Waals surface area (Å²) in [5.41, 5.74) is 1.18. The number of hydrogen-bond donors (Lipinski definition) is 0. The number of nitrogens with zero attached hydrogens (tertiary/aromatic N) is 4. The molecule has 1 aliphatic rings. The second-order valence-corrected chi connectivity index (χ2v) is 6.07. The molecule has 1 saturated carbocycles. The van der Waals surface area contributed by atoms with Crippen molar-refractivity contribution in [3.8, 4) is 11.6 Å². The molecule has 0 bridgehead atoms. The van der Waals surface area contributed by atoms with Crippen LogP contribution in [0.15, 0.2) is 48.7 Å². The van der Waals surface area contributed by atoms with Crippen LogP contribution in [-0.4, -0.2) is 26.9 Å². The summed E-state index contributed by atoms with van der Waals surface area (Å²) in [5, 5.41) is 4.71. The van der Waals surface area contributed by atoms with Crippen LogP contribution in [-0.2, 0) is 12.8 Å². The highest BCUT2D eigenvalue weighted by atomic mass is 16.5. The van der Waals surface area contributed by atoms with Gasteiger partial charge in [-0.3, -0.25) is 0 Å². The Morgan fingerprint density at radius 1 is 1.08 bits per heavy atom. The van der Waals surface area contributed by atoms with E-state index in [1.54, 1.807) is 13.3 Å². The topological polar surface area (TPSA) is 52.8 Å². The monoisotopic (exact) mass is 320 g/mol. The van der Waals surface area contributed by atoms with E-state index in [-0.39, 0.29) is 0 Å². The molecule has 122 valence electrons. The van der Waals surface area contributed by atoms with Gasteiger partial charge in [0, 0.05) is 18.5 Å². The quantitative estimate of drug-likeness (QED) is 0.699. The van der Waals surface area contributed by atoms with Gasteiger partial charge in [0.25, 0.3) is 0 Å². The summed E-state index contributed by atoms with van der Waals surface area (Å²) in [5.74, 6) is 4.19. The molecule has 5 nitrogen and oxygen atoms in total. The van der Waals surface area contributed by atoms with Gasteiger partial charge in [0.2, 0.25) is 0 Å². The van der Waals surface area contributed by atoms with Gasteiger partial charge in [-0.05, 0) is 43.0 Å². The molecule has 0 amide bonds. The van der Waals surface area contributed by atoms with Crippen LogP contribution < -0.4 is 4.74 Å². The number of para-hydroxylation sites is 1.